The van der Waals surface area contributed by atoms with Crippen LogP contribution in [0.5, 0.6) is 5.75 Å². The van der Waals surface area contributed by atoms with Gasteiger partial charge in [0.1, 0.15) is 24.3 Å². The zero-order valence-electron chi connectivity index (χ0n) is 18.0. The first-order valence-corrected chi connectivity index (χ1v) is 11.0. The zero-order valence-corrected chi connectivity index (χ0v) is 18.8. The zero-order chi connectivity index (χ0) is 20.9. The van der Waals surface area contributed by atoms with Gasteiger partial charge >= 0.3 is 0 Å². The first kappa shape index (κ1) is 23.3. The lowest BCUT2D eigenvalue weighted by Crippen LogP contribution is -2.25. The van der Waals surface area contributed by atoms with E-state index in [1.54, 1.807) is 24.3 Å². The predicted molar refractivity (Wildman–Crippen MR) is 125 cm³/mol. The van der Waals surface area contributed by atoms with Gasteiger partial charge in [-0.2, -0.15) is 0 Å². The van der Waals surface area contributed by atoms with Crippen LogP contribution < -0.4 is 4.74 Å². The van der Waals surface area contributed by atoms with Crippen LogP contribution in [0.15, 0.2) is 48.5 Å². The molecule has 0 spiro atoms. The molecular formula is C25H31ClN2O3. The Labute approximate surface area is 189 Å². The summed E-state index contributed by atoms with van der Waals surface area (Å²) in [5, 5.41) is 10.7. The van der Waals surface area contributed by atoms with E-state index in [9.17, 15) is 9.90 Å². The Balaban J connectivity index is 0.00000272. The molecular weight excluding hydrogens is 412 g/mol. The van der Waals surface area contributed by atoms with Gasteiger partial charge in [-0.15, -0.1) is 12.4 Å². The average Bonchev–Trinajstić information content (AvgIpc) is 3.16. The van der Waals surface area contributed by atoms with Crippen LogP contribution in [0.2, 0.25) is 0 Å². The van der Waals surface area contributed by atoms with Gasteiger partial charge in [-0.1, -0.05) is 38.3 Å². The highest BCUT2D eigenvalue weighted by molar-refractivity contribution is 5.95. The van der Waals surface area contributed by atoms with Crippen LogP contribution in [0.4, 0.5) is 0 Å². The minimum atomic E-state index is -0.651. The number of aliphatic hydroxyl groups excluding tert-OH is 1. The standard InChI is InChI=1S/C25H30N2O3.ClH/c1-2-24(29)18-12-14-21(15-13-18)30-17-20(28)16-27-23-11-7-6-10-22(23)26-25(27)19-8-4-3-5-9-19;/h6-7,10-15,19-20,28H,2-5,8-9,16-17H2,1H3;1H. The van der Waals surface area contributed by atoms with Crippen LogP contribution >= 0.6 is 12.4 Å². The quantitative estimate of drug-likeness (QED) is 0.465. The number of aromatic nitrogens is 2. The minimum absolute atomic E-state index is 0. The average molecular weight is 443 g/mol. The van der Waals surface area contributed by atoms with Crippen molar-refractivity contribution in [2.45, 2.75) is 64.0 Å². The number of imidazole rings is 1. The molecule has 0 radical (unpaired) electrons. The Hall–Kier alpha value is -2.37. The van der Waals surface area contributed by atoms with Gasteiger partial charge in [0.2, 0.25) is 0 Å². The lowest BCUT2D eigenvalue weighted by molar-refractivity contribution is 0.0920. The molecule has 4 rings (SSSR count). The third-order valence-electron chi connectivity index (χ3n) is 5.99. The van der Waals surface area contributed by atoms with Crippen LogP contribution in [0, 0.1) is 0 Å². The number of hydrogen-bond donors (Lipinski definition) is 1. The first-order valence-electron chi connectivity index (χ1n) is 11.0. The molecule has 1 atom stereocenters. The van der Waals surface area contributed by atoms with E-state index in [-0.39, 0.29) is 24.8 Å². The third kappa shape index (κ3) is 5.46. The molecule has 1 heterocycles. The molecule has 1 N–H and O–H groups in total. The van der Waals surface area contributed by atoms with Gasteiger partial charge in [0.25, 0.3) is 0 Å². The number of ketones is 1. The van der Waals surface area contributed by atoms with Crippen molar-refractivity contribution in [3.05, 3.63) is 59.9 Å². The summed E-state index contributed by atoms with van der Waals surface area (Å²) in [4.78, 5) is 16.7. The molecule has 1 aliphatic carbocycles. The predicted octanol–water partition coefficient (Wildman–Crippen LogP) is 5.54. The topological polar surface area (TPSA) is 64.3 Å². The summed E-state index contributed by atoms with van der Waals surface area (Å²) < 4.78 is 7.97. The number of aliphatic hydroxyl groups is 1. The third-order valence-corrected chi connectivity index (χ3v) is 5.99. The van der Waals surface area contributed by atoms with E-state index in [4.69, 9.17) is 9.72 Å². The number of rotatable bonds is 8. The van der Waals surface area contributed by atoms with Gasteiger partial charge in [-0.25, -0.2) is 4.98 Å². The van der Waals surface area contributed by atoms with Gasteiger partial charge in [-0.3, -0.25) is 4.79 Å². The summed E-state index contributed by atoms with van der Waals surface area (Å²) in [7, 11) is 0. The molecule has 0 saturated heterocycles. The second kappa shape index (κ2) is 10.8. The smallest absolute Gasteiger partial charge is 0.162 e. The van der Waals surface area contributed by atoms with E-state index in [0.717, 1.165) is 16.9 Å². The van der Waals surface area contributed by atoms with Crippen molar-refractivity contribution in [1.82, 2.24) is 9.55 Å². The van der Waals surface area contributed by atoms with E-state index < -0.39 is 6.10 Å². The number of carbonyl (C=O) groups is 1. The molecule has 2 aromatic carbocycles. The summed E-state index contributed by atoms with van der Waals surface area (Å²) in [5.74, 6) is 2.33. The van der Waals surface area contributed by atoms with E-state index in [2.05, 4.69) is 10.6 Å². The van der Waals surface area contributed by atoms with Crippen molar-refractivity contribution in [3.8, 4) is 5.75 Å². The van der Waals surface area contributed by atoms with Gasteiger partial charge < -0.3 is 14.4 Å². The maximum absolute atomic E-state index is 11.7. The van der Waals surface area contributed by atoms with Crippen LogP contribution in [-0.4, -0.2) is 33.2 Å². The van der Waals surface area contributed by atoms with Crippen molar-refractivity contribution in [1.29, 1.82) is 0 Å². The molecule has 31 heavy (non-hydrogen) atoms. The second-order valence-corrected chi connectivity index (χ2v) is 8.17. The van der Waals surface area contributed by atoms with Crippen molar-refractivity contribution >= 4 is 29.2 Å². The molecule has 1 aliphatic rings. The number of halogens is 1. The molecule has 1 aromatic heterocycles. The van der Waals surface area contributed by atoms with Crippen LogP contribution in [0.3, 0.4) is 0 Å². The number of benzene rings is 2. The molecule has 166 valence electrons. The molecule has 0 aliphatic heterocycles. The van der Waals surface area contributed by atoms with Gasteiger partial charge in [-0.05, 0) is 49.2 Å². The maximum Gasteiger partial charge on any atom is 0.162 e. The number of nitrogens with zero attached hydrogens (tertiary/aromatic N) is 2. The SMILES string of the molecule is CCC(=O)c1ccc(OCC(O)Cn2c(C3CCCCC3)nc3ccccc32)cc1.Cl. The molecule has 0 bridgehead atoms. The summed E-state index contributed by atoms with van der Waals surface area (Å²) in [5.41, 5.74) is 2.74. The van der Waals surface area contributed by atoms with Crippen molar-refractivity contribution in [2.75, 3.05) is 6.61 Å². The number of fused-ring (bicyclic) bond motifs is 1. The summed E-state index contributed by atoms with van der Waals surface area (Å²) in [6.45, 7) is 2.50. The highest BCUT2D eigenvalue weighted by Crippen LogP contribution is 2.34. The van der Waals surface area contributed by atoms with Gasteiger partial charge in [0, 0.05) is 17.9 Å². The number of para-hydroxylation sites is 2. The summed E-state index contributed by atoms with van der Waals surface area (Å²) in [6.07, 6.45) is 5.96. The van der Waals surface area contributed by atoms with Crippen molar-refractivity contribution < 1.29 is 14.6 Å². The summed E-state index contributed by atoms with van der Waals surface area (Å²) in [6, 6.07) is 15.3. The fraction of sp³-hybridized carbons (Fsp3) is 0.440. The number of Topliss-reactive ketones (excluding diaryl/α,β-unsaturated/α-hetero) is 1. The lowest BCUT2D eigenvalue weighted by Gasteiger charge is -2.23. The van der Waals surface area contributed by atoms with E-state index >= 15 is 0 Å². The van der Waals surface area contributed by atoms with Gasteiger partial charge in [0.05, 0.1) is 17.6 Å². The molecule has 5 nitrogen and oxygen atoms in total. The van der Waals surface area contributed by atoms with Crippen LogP contribution in [-0.2, 0) is 6.54 Å². The number of carbonyl (C=O) groups excluding carboxylic acids is 1. The van der Waals surface area contributed by atoms with Crippen LogP contribution in [0.25, 0.3) is 11.0 Å². The Morgan fingerprint density at radius 1 is 1.13 bits per heavy atom. The molecule has 1 fully saturated rings. The largest absolute Gasteiger partial charge is 0.491 e. The maximum atomic E-state index is 11.7. The first-order chi connectivity index (χ1) is 14.7. The highest BCUT2D eigenvalue weighted by atomic mass is 35.5. The van der Waals surface area contributed by atoms with Crippen molar-refractivity contribution in [3.63, 3.8) is 0 Å². The Bertz CT molecular complexity index is 994. The molecule has 0 amide bonds. The number of ether oxygens (including phenoxy) is 1. The highest BCUT2D eigenvalue weighted by Gasteiger charge is 2.23. The van der Waals surface area contributed by atoms with E-state index in [0.29, 0.717) is 30.2 Å². The molecule has 6 heteroatoms. The van der Waals surface area contributed by atoms with E-state index in [1.165, 1.54) is 32.1 Å². The van der Waals surface area contributed by atoms with Gasteiger partial charge in [0.15, 0.2) is 5.78 Å². The molecule has 1 saturated carbocycles. The lowest BCUT2D eigenvalue weighted by atomic mass is 9.88. The van der Waals surface area contributed by atoms with E-state index in [1.807, 2.05) is 25.1 Å². The number of hydrogen-bond acceptors (Lipinski definition) is 4. The monoisotopic (exact) mass is 442 g/mol. The second-order valence-electron chi connectivity index (χ2n) is 8.17. The molecule has 1 unspecified atom stereocenters. The van der Waals surface area contributed by atoms with Crippen LogP contribution in [0.1, 0.15) is 67.5 Å². The molecule has 3 aromatic rings. The normalized spacial score (nSPS) is 15.4. The Morgan fingerprint density at radius 3 is 2.55 bits per heavy atom. The Morgan fingerprint density at radius 2 is 1.84 bits per heavy atom. The fourth-order valence-electron chi connectivity index (χ4n) is 4.36. The Kier molecular flexibility index (Phi) is 8.10. The summed E-state index contributed by atoms with van der Waals surface area (Å²) >= 11 is 0. The fourth-order valence-corrected chi connectivity index (χ4v) is 4.36. The van der Waals surface area contributed by atoms with Crippen molar-refractivity contribution in [2.24, 2.45) is 0 Å². The minimum Gasteiger partial charge on any atom is -0.491 e.